The first-order valence-electron chi connectivity index (χ1n) is 9.69. The maximum absolute atomic E-state index is 12.9. The monoisotopic (exact) mass is 460 g/mol. The van der Waals surface area contributed by atoms with Crippen molar-refractivity contribution in [3.05, 3.63) is 77.3 Å². The summed E-state index contributed by atoms with van der Waals surface area (Å²) in [5.41, 5.74) is 1.87. The largest absolute Gasteiger partial charge is 0.379 e. The summed E-state index contributed by atoms with van der Waals surface area (Å²) in [5, 5.41) is 3.01. The van der Waals surface area contributed by atoms with E-state index < -0.39 is 15.9 Å². The first kappa shape index (κ1) is 21.5. The van der Waals surface area contributed by atoms with Gasteiger partial charge < -0.3 is 14.6 Å². The van der Waals surface area contributed by atoms with Gasteiger partial charge in [-0.3, -0.25) is 4.79 Å². The van der Waals surface area contributed by atoms with Gasteiger partial charge in [-0.2, -0.15) is 4.31 Å². The molecule has 0 spiro atoms. The van der Waals surface area contributed by atoms with Crippen LogP contribution in [0, 0.1) is 0 Å². The fourth-order valence-electron chi connectivity index (χ4n) is 3.36. The van der Waals surface area contributed by atoms with Gasteiger partial charge in [-0.1, -0.05) is 29.8 Å². The Hall–Kier alpha value is -2.72. The number of nitrogens with one attached hydrogen (secondary N) is 1. The maximum atomic E-state index is 12.9. The molecule has 1 saturated heterocycles. The number of hydrogen-bond acceptors (Lipinski definition) is 5. The molecule has 0 aliphatic carbocycles. The fraction of sp³-hybridized carbons (Fsp3) is 0.238. The number of ether oxygens (including phenoxy) is 1. The van der Waals surface area contributed by atoms with Crippen molar-refractivity contribution in [2.75, 3.05) is 26.3 Å². The van der Waals surface area contributed by atoms with Crippen molar-refractivity contribution in [3.8, 4) is 5.69 Å². The second-order valence-corrected chi connectivity index (χ2v) is 9.28. The lowest BCUT2D eigenvalue weighted by molar-refractivity contribution is 0.0730. The minimum absolute atomic E-state index is 0.0303. The summed E-state index contributed by atoms with van der Waals surface area (Å²) in [4.78, 5) is 16.9. The normalized spacial score (nSPS) is 15.0. The molecule has 3 aromatic rings. The van der Waals surface area contributed by atoms with Gasteiger partial charge in [-0.05, 0) is 29.8 Å². The van der Waals surface area contributed by atoms with E-state index in [2.05, 4.69) is 10.3 Å². The summed E-state index contributed by atoms with van der Waals surface area (Å²) in [5.74, 6) is -0.454. The average molecular weight is 461 g/mol. The summed E-state index contributed by atoms with van der Waals surface area (Å²) in [6, 6.07) is 11.8. The van der Waals surface area contributed by atoms with Crippen molar-refractivity contribution in [2.45, 2.75) is 11.4 Å². The Balaban J connectivity index is 1.54. The number of halogens is 1. The fourth-order valence-corrected chi connectivity index (χ4v) is 5.00. The molecule has 4 rings (SSSR count). The topological polar surface area (TPSA) is 93.5 Å². The Morgan fingerprint density at radius 1 is 1.16 bits per heavy atom. The minimum atomic E-state index is -3.73. The van der Waals surface area contributed by atoms with Gasteiger partial charge in [0, 0.05) is 32.0 Å². The number of hydrogen-bond donors (Lipinski definition) is 1. The molecule has 1 amide bonds. The van der Waals surface area contributed by atoms with Gasteiger partial charge >= 0.3 is 0 Å². The quantitative estimate of drug-likeness (QED) is 0.610. The third-order valence-corrected chi connectivity index (χ3v) is 7.23. The molecule has 31 heavy (non-hydrogen) atoms. The van der Waals surface area contributed by atoms with E-state index in [1.165, 1.54) is 22.5 Å². The number of carbonyl (C=O) groups excluding carboxylic acids is 1. The van der Waals surface area contributed by atoms with Crippen molar-refractivity contribution in [3.63, 3.8) is 0 Å². The van der Waals surface area contributed by atoms with Crippen LogP contribution in [0.1, 0.15) is 15.9 Å². The van der Waals surface area contributed by atoms with Crippen LogP contribution in [0.5, 0.6) is 0 Å². The van der Waals surface area contributed by atoms with Crippen LogP contribution in [0.4, 0.5) is 0 Å². The van der Waals surface area contributed by atoms with Crippen molar-refractivity contribution in [1.29, 1.82) is 0 Å². The summed E-state index contributed by atoms with van der Waals surface area (Å²) in [6.07, 6.45) is 5.17. The Kier molecular flexibility index (Phi) is 6.38. The third-order valence-electron chi connectivity index (χ3n) is 5.00. The molecule has 1 aliphatic rings. The number of para-hydroxylation sites is 1. The van der Waals surface area contributed by atoms with E-state index in [4.69, 9.17) is 16.3 Å². The van der Waals surface area contributed by atoms with Gasteiger partial charge in [0.1, 0.15) is 0 Å². The molecule has 1 aliphatic heterocycles. The molecule has 0 saturated carbocycles. The Morgan fingerprint density at radius 3 is 2.68 bits per heavy atom. The average Bonchev–Trinajstić information content (AvgIpc) is 3.33. The number of imidazole rings is 1. The Morgan fingerprint density at radius 2 is 1.94 bits per heavy atom. The second kappa shape index (κ2) is 9.19. The van der Waals surface area contributed by atoms with E-state index in [1.807, 2.05) is 35.0 Å². The van der Waals surface area contributed by atoms with Crippen molar-refractivity contribution >= 4 is 27.5 Å². The standard InChI is InChI=1S/C21H21ClN4O4S/c22-19-6-5-17(31(28,29)26-9-11-30-12-10-26)13-18(19)21(27)24-14-16-3-1-2-4-20(16)25-8-7-23-15-25/h1-8,13,15H,9-12,14H2,(H,24,27). The molecule has 0 unspecified atom stereocenters. The molecule has 0 bridgehead atoms. The van der Waals surface area contributed by atoms with Crippen molar-refractivity contribution < 1.29 is 17.9 Å². The molecule has 1 fully saturated rings. The number of benzene rings is 2. The molecular formula is C21H21ClN4O4S. The summed E-state index contributed by atoms with van der Waals surface area (Å²) < 4.78 is 34.3. The highest BCUT2D eigenvalue weighted by molar-refractivity contribution is 7.89. The molecule has 1 aromatic heterocycles. The van der Waals surface area contributed by atoms with Crippen molar-refractivity contribution in [1.82, 2.24) is 19.2 Å². The number of sulfonamides is 1. The molecule has 8 nitrogen and oxygen atoms in total. The highest BCUT2D eigenvalue weighted by atomic mass is 35.5. The van der Waals surface area contributed by atoms with E-state index in [0.717, 1.165) is 11.3 Å². The van der Waals surface area contributed by atoms with Gasteiger partial charge in [0.2, 0.25) is 10.0 Å². The summed E-state index contributed by atoms with van der Waals surface area (Å²) in [6.45, 7) is 1.48. The number of amides is 1. The maximum Gasteiger partial charge on any atom is 0.253 e. The van der Waals surface area contributed by atoms with E-state index in [0.29, 0.717) is 13.2 Å². The van der Waals surface area contributed by atoms with Gasteiger partial charge in [0.25, 0.3) is 5.91 Å². The number of morpholine rings is 1. The molecule has 2 aromatic carbocycles. The number of aromatic nitrogens is 2. The second-order valence-electron chi connectivity index (χ2n) is 6.94. The zero-order valence-electron chi connectivity index (χ0n) is 16.6. The van der Waals surface area contributed by atoms with Gasteiger partial charge in [-0.15, -0.1) is 0 Å². The van der Waals surface area contributed by atoms with E-state index in [-0.39, 0.29) is 35.1 Å². The van der Waals surface area contributed by atoms with Crippen LogP contribution in [-0.2, 0) is 21.3 Å². The first-order valence-corrected chi connectivity index (χ1v) is 11.5. The van der Waals surface area contributed by atoms with Crippen LogP contribution in [0.3, 0.4) is 0 Å². The zero-order valence-corrected chi connectivity index (χ0v) is 18.1. The Bertz CT molecular complexity index is 1180. The first-order chi connectivity index (χ1) is 15.0. The predicted molar refractivity (Wildman–Crippen MR) is 116 cm³/mol. The summed E-state index contributed by atoms with van der Waals surface area (Å²) in [7, 11) is -3.73. The summed E-state index contributed by atoms with van der Waals surface area (Å²) >= 11 is 6.22. The van der Waals surface area contributed by atoms with Crippen molar-refractivity contribution in [2.24, 2.45) is 0 Å². The van der Waals surface area contributed by atoms with E-state index in [1.54, 1.807) is 12.5 Å². The zero-order chi connectivity index (χ0) is 21.8. The van der Waals surface area contributed by atoms with Crippen LogP contribution in [-0.4, -0.2) is 54.5 Å². The van der Waals surface area contributed by atoms with Gasteiger partial charge in [0.15, 0.2) is 0 Å². The highest BCUT2D eigenvalue weighted by Gasteiger charge is 2.27. The van der Waals surface area contributed by atoms with E-state index in [9.17, 15) is 13.2 Å². The smallest absolute Gasteiger partial charge is 0.253 e. The van der Waals surface area contributed by atoms with Crippen LogP contribution in [0.15, 0.2) is 66.1 Å². The molecular weight excluding hydrogens is 440 g/mol. The van der Waals surface area contributed by atoms with Crippen LogP contribution in [0.25, 0.3) is 5.69 Å². The van der Waals surface area contributed by atoms with Gasteiger partial charge in [0.05, 0.1) is 40.7 Å². The highest BCUT2D eigenvalue weighted by Crippen LogP contribution is 2.24. The molecule has 2 heterocycles. The molecule has 1 N–H and O–H groups in total. The lowest BCUT2D eigenvalue weighted by Gasteiger charge is -2.26. The molecule has 10 heteroatoms. The molecule has 162 valence electrons. The molecule has 0 radical (unpaired) electrons. The SMILES string of the molecule is O=C(NCc1ccccc1-n1ccnc1)c1cc(S(=O)(=O)N2CCOCC2)ccc1Cl. The predicted octanol–water partition coefficient (Wildman–Crippen LogP) is 2.48. The number of rotatable bonds is 6. The minimum Gasteiger partial charge on any atom is -0.379 e. The molecule has 0 atom stereocenters. The number of nitrogens with zero attached hydrogens (tertiary/aromatic N) is 3. The number of carbonyl (C=O) groups is 1. The van der Waals surface area contributed by atoms with E-state index >= 15 is 0 Å². The van der Waals surface area contributed by atoms with Crippen LogP contribution >= 0.6 is 11.6 Å². The lowest BCUT2D eigenvalue weighted by Crippen LogP contribution is -2.40. The third kappa shape index (κ3) is 4.64. The Labute approximate surface area is 185 Å². The van der Waals surface area contributed by atoms with Crippen LogP contribution < -0.4 is 5.32 Å². The van der Waals surface area contributed by atoms with Crippen LogP contribution in [0.2, 0.25) is 5.02 Å². The van der Waals surface area contributed by atoms with Gasteiger partial charge in [-0.25, -0.2) is 13.4 Å². The lowest BCUT2D eigenvalue weighted by atomic mass is 10.1.